The topological polar surface area (TPSA) is 97.6 Å². The fraction of sp³-hybridized carbons (Fsp3) is 0.310. The zero-order valence-electron chi connectivity index (χ0n) is 21.9. The summed E-state index contributed by atoms with van der Waals surface area (Å²) >= 11 is 0. The standard InChI is InChI=1S/C29H28F4N4O3/c1-16(34)26-24(17(2)37-14-12-28(38,13-15-37)18-4-6-19(30)7-5-18)36-27(40-26)21-8-10-22(39-3)25-20(21)9-11-23(35-25)29(31,32)33/h4-11,16,38H,2,12-15,34H2,1,3H3. The summed E-state index contributed by atoms with van der Waals surface area (Å²) in [5.41, 5.74) is 6.11. The Morgan fingerprint density at radius 2 is 1.77 bits per heavy atom. The largest absolute Gasteiger partial charge is 0.494 e. The Bertz CT molecular complexity index is 1560. The summed E-state index contributed by atoms with van der Waals surface area (Å²) in [6.45, 7) is 6.84. The van der Waals surface area contributed by atoms with Gasteiger partial charge in [-0.3, -0.25) is 0 Å². The average Bonchev–Trinajstić information content (AvgIpc) is 3.38. The molecule has 11 heteroatoms. The first-order valence-electron chi connectivity index (χ1n) is 12.7. The molecule has 1 aliphatic rings. The number of ether oxygens (including phenoxy) is 1. The Kier molecular flexibility index (Phi) is 7.05. The van der Waals surface area contributed by atoms with Gasteiger partial charge in [-0.2, -0.15) is 13.2 Å². The number of alkyl halides is 3. The van der Waals surface area contributed by atoms with Crippen molar-refractivity contribution in [3.63, 3.8) is 0 Å². The number of benzene rings is 2. The van der Waals surface area contributed by atoms with Crippen molar-refractivity contribution < 1.29 is 31.8 Å². The molecule has 0 saturated carbocycles. The van der Waals surface area contributed by atoms with E-state index in [1.807, 2.05) is 4.90 Å². The van der Waals surface area contributed by atoms with Gasteiger partial charge in [0.15, 0.2) is 5.76 Å². The molecule has 0 amide bonds. The number of likely N-dealkylation sites (tertiary alicyclic amines) is 1. The summed E-state index contributed by atoms with van der Waals surface area (Å²) < 4.78 is 64.8. The number of aliphatic hydroxyl groups is 1. The van der Waals surface area contributed by atoms with Crippen molar-refractivity contribution in [3.05, 3.63) is 83.6 Å². The second kappa shape index (κ2) is 10.2. The number of nitrogens with two attached hydrogens (primary N) is 1. The van der Waals surface area contributed by atoms with E-state index in [-0.39, 0.29) is 23.0 Å². The Labute approximate surface area is 227 Å². The molecule has 40 heavy (non-hydrogen) atoms. The third-order valence-electron chi connectivity index (χ3n) is 7.26. The normalized spacial score (nSPS) is 16.2. The highest BCUT2D eigenvalue weighted by molar-refractivity contribution is 5.96. The number of hydrogen-bond acceptors (Lipinski definition) is 7. The molecule has 3 N–H and O–H groups in total. The van der Waals surface area contributed by atoms with Crippen LogP contribution in [0.3, 0.4) is 0 Å². The number of fused-ring (bicyclic) bond motifs is 1. The third kappa shape index (κ3) is 5.02. The van der Waals surface area contributed by atoms with E-state index in [1.165, 1.54) is 31.4 Å². The first-order chi connectivity index (χ1) is 18.9. The Morgan fingerprint density at radius 1 is 1.10 bits per heavy atom. The molecule has 0 bridgehead atoms. The molecular formula is C29H28F4N4O3. The fourth-order valence-electron chi connectivity index (χ4n) is 5.01. The third-order valence-corrected chi connectivity index (χ3v) is 7.26. The highest BCUT2D eigenvalue weighted by Crippen LogP contribution is 2.40. The monoisotopic (exact) mass is 556 g/mol. The highest BCUT2D eigenvalue weighted by atomic mass is 19.4. The van der Waals surface area contributed by atoms with Crippen molar-refractivity contribution in [1.82, 2.24) is 14.9 Å². The molecule has 2 aromatic heterocycles. The number of methoxy groups -OCH3 is 1. The molecule has 1 fully saturated rings. The molecule has 1 aliphatic heterocycles. The van der Waals surface area contributed by atoms with Crippen LogP contribution < -0.4 is 10.5 Å². The van der Waals surface area contributed by atoms with Crippen LogP contribution >= 0.6 is 0 Å². The van der Waals surface area contributed by atoms with E-state index in [2.05, 4.69) is 16.5 Å². The predicted octanol–water partition coefficient (Wildman–Crippen LogP) is 6.03. The van der Waals surface area contributed by atoms with E-state index >= 15 is 0 Å². The minimum absolute atomic E-state index is 0.0202. The molecular weight excluding hydrogens is 528 g/mol. The van der Waals surface area contributed by atoms with Gasteiger partial charge in [-0.1, -0.05) is 18.7 Å². The molecule has 0 spiro atoms. The maximum Gasteiger partial charge on any atom is 0.433 e. The van der Waals surface area contributed by atoms with Gasteiger partial charge in [0.1, 0.15) is 28.5 Å². The van der Waals surface area contributed by atoms with Crippen LogP contribution in [-0.4, -0.2) is 40.2 Å². The van der Waals surface area contributed by atoms with Crippen LogP contribution in [0.2, 0.25) is 0 Å². The van der Waals surface area contributed by atoms with E-state index in [9.17, 15) is 22.7 Å². The van der Waals surface area contributed by atoms with E-state index in [0.717, 1.165) is 6.07 Å². The van der Waals surface area contributed by atoms with Gasteiger partial charge >= 0.3 is 6.18 Å². The summed E-state index contributed by atoms with van der Waals surface area (Å²) in [6, 6.07) is 10.6. The zero-order valence-corrected chi connectivity index (χ0v) is 21.9. The number of oxazole rings is 1. The fourth-order valence-corrected chi connectivity index (χ4v) is 5.01. The van der Waals surface area contributed by atoms with E-state index < -0.39 is 23.5 Å². The van der Waals surface area contributed by atoms with Crippen LogP contribution in [0, 0.1) is 5.82 Å². The van der Waals surface area contributed by atoms with E-state index in [0.29, 0.717) is 59.6 Å². The summed E-state index contributed by atoms with van der Waals surface area (Å²) in [7, 11) is 1.35. The van der Waals surface area contributed by atoms with Gasteiger partial charge in [-0.05, 0) is 61.7 Å². The van der Waals surface area contributed by atoms with Crippen LogP contribution in [0.4, 0.5) is 17.6 Å². The predicted molar refractivity (Wildman–Crippen MR) is 142 cm³/mol. The second-order valence-corrected chi connectivity index (χ2v) is 9.90. The highest BCUT2D eigenvalue weighted by Gasteiger charge is 2.36. The zero-order chi connectivity index (χ0) is 28.8. The minimum atomic E-state index is -4.62. The summed E-state index contributed by atoms with van der Waals surface area (Å²) in [5.74, 6) is 0.320. The number of nitrogens with zero attached hydrogens (tertiary/aromatic N) is 3. The van der Waals surface area contributed by atoms with Crippen molar-refractivity contribution >= 4 is 16.6 Å². The second-order valence-electron chi connectivity index (χ2n) is 9.90. The lowest BCUT2D eigenvalue weighted by atomic mass is 9.84. The summed E-state index contributed by atoms with van der Waals surface area (Å²) in [4.78, 5) is 10.4. The molecule has 210 valence electrons. The van der Waals surface area contributed by atoms with E-state index in [1.54, 1.807) is 25.1 Å². The minimum Gasteiger partial charge on any atom is -0.494 e. The van der Waals surface area contributed by atoms with Gasteiger partial charge in [-0.25, -0.2) is 14.4 Å². The van der Waals surface area contributed by atoms with Gasteiger partial charge in [0, 0.05) is 24.0 Å². The van der Waals surface area contributed by atoms with Crippen molar-refractivity contribution in [2.75, 3.05) is 20.2 Å². The summed E-state index contributed by atoms with van der Waals surface area (Å²) in [6.07, 6.45) is -3.86. The van der Waals surface area contributed by atoms with Gasteiger partial charge < -0.3 is 24.9 Å². The lowest BCUT2D eigenvalue weighted by molar-refractivity contribution is -0.140. The molecule has 3 heterocycles. The average molecular weight is 557 g/mol. The number of hydrogen-bond donors (Lipinski definition) is 2. The Hall–Kier alpha value is -3.96. The maximum absolute atomic E-state index is 13.4. The lowest BCUT2D eigenvalue weighted by Crippen LogP contribution is -2.41. The molecule has 5 rings (SSSR count). The van der Waals surface area contributed by atoms with Crippen LogP contribution in [0.5, 0.6) is 5.75 Å². The number of piperidine rings is 1. The Balaban J connectivity index is 1.47. The maximum atomic E-state index is 13.4. The summed E-state index contributed by atoms with van der Waals surface area (Å²) in [5, 5.41) is 11.6. The number of pyridine rings is 1. The van der Waals surface area contributed by atoms with Crippen molar-refractivity contribution in [1.29, 1.82) is 0 Å². The van der Waals surface area contributed by atoms with E-state index in [4.69, 9.17) is 14.9 Å². The van der Waals surface area contributed by atoms with Gasteiger partial charge in [0.25, 0.3) is 0 Å². The molecule has 7 nitrogen and oxygen atoms in total. The number of rotatable bonds is 6. The van der Waals surface area contributed by atoms with Crippen molar-refractivity contribution in [2.24, 2.45) is 5.73 Å². The van der Waals surface area contributed by atoms with Gasteiger partial charge in [-0.15, -0.1) is 0 Å². The van der Waals surface area contributed by atoms with Crippen LogP contribution in [-0.2, 0) is 11.8 Å². The van der Waals surface area contributed by atoms with Crippen LogP contribution in [0.15, 0.2) is 59.5 Å². The van der Waals surface area contributed by atoms with Gasteiger partial charge in [0.2, 0.25) is 5.89 Å². The molecule has 0 radical (unpaired) electrons. The van der Waals surface area contributed by atoms with Crippen molar-refractivity contribution in [2.45, 2.75) is 37.6 Å². The van der Waals surface area contributed by atoms with Crippen LogP contribution in [0.1, 0.15) is 48.5 Å². The molecule has 4 aromatic rings. The number of aromatic nitrogens is 2. The van der Waals surface area contributed by atoms with Gasteiger partial charge in [0.05, 0.1) is 24.4 Å². The first kappa shape index (κ1) is 27.6. The Morgan fingerprint density at radius 3 is 2.38 bits per heavy atom. The van der Waals surface area contributed by atoms with Crippen molar-refractivity contribution in [3.8, 4) is 17.2 Å². The smallest absolute Gasteiger partial charge is 0.433 e. The SMILES string of the molecule is C=C(c1nc(-c2ccc(OC)c3nc(C(F)(F)F)ccc23)oc1C(C)N)N1CCC(O)(c2ccc(F)cc2)CC1. The lowest BCUT2D eigenvalue weighted by Gasteiger charge is -2.40. The quantitative estimate of drug-likeness (QED) is 0.280. The number of halogens is 4. The molecule has 2 aromatic carbocycles. The first-order valence-corrected chi connectivity index (χ1v) is 12.7. The molecule has 1 saturated heterocycles. The molecule has 1 atom stereocenters. The molecule has 0 aliphatic carbocycles. The van der Waals surface area contributed by atoms with Crippen LogP contribution in [0.25, 0.3) is 28.1 Å². The molecule has 1 unspecified atom stereocenters.